The zero-order chi connectivity index (χ0) is 25.0. The number of nitrogens with zero attached hydrogens (tertiary/aromatic N) is 5. The molecule has 0 unspecified atom stereocenters. The minimum atomic E-state index is -0.135. The molecule has 0 atom stereocenters. The summed E-state index contributed by atoms with van der Waals surface area (Å²) in [6, 6.07) is 9.99. The highest BCUT2D eigenvalue weighted by Crippen LogP contribution is 2.25. The van der Waals surface area contributed by atoms with Crippen LogP contribution in [-0.4, -0.2) is 72.5 Å². The Balaban J connectivity index is 1.52. The van der Waals surface area contributed by atoms with Crippen molar-refractivity contribution in [2.45, 2.75) is 33.1 Å². The second kappa shape index (κ2) is 10.4. The predicted molar refractivity (Wildman–Crippen MR) is 141 cm³/mol. The first-order chi connectivity index (χ1) is 16.7. The third-order valence-electron chi connectivity index (χ3n) is 5.95. The number of piperazine rings is 1. The zero-order valence-corrected chi connectivity index (χ0v) is 21.3. The molecule has 4 rings (SSSR count). The van der Waals surface area contributed by atoms with Crippen LogP contribution >= 0.6 is 0 Å². The molecule has 3 aromatic rings. The molecule has 1 aliphatic heterocycles. The van der Waals surface area contributed by atoms with Crippen LogP contribution in [0.2, 0.25) is 0 Å². The topological polar surface area (TPSA) is 94.3 Å². The van der Waals surface area contributed by atoms with Crippen molar-refractivity contribution in [3.05, 3.63) is 53.7 Å². The van der Waals surface area contributed by atoms with Crippen LogP contribution in [0.25, 0.3) is 10.9 Å². The van der Waals surface area contributed by atoms with Gasteiger partial charge in [-0.3, -0.25) is 0 Å². The number of aromatic nitrogens is 2. The standard InChI is InChI=1S/C26H35N7O2/c1-18-13-19-14-20(7-8-21(19)29-18)34-17-28-25(33-11-9-32(6)10-12-33)16-23(27-5)30-24-15-22(35-31-24)26(2,3)4/h7-8,13-16,29H,5,9-12,17H2,1-4,6H3,(H,30,31)/b23-16+,28-25+. The Bertz CT molecular complexity index is 1220. The van der Waals surface area contributed by atoms with Crippen LogP contribution in [0.5, 0.6) is 5.75 Å². The number of anilines is 1. The molecule has 0 aliphatic carbocycles. The van der Waals surface area contributed by atoms with Gasteiger partial charge in [0.2, 0.25) is 0 Å². The van der Waals surface area contributed by atoms with Crippen LogP contribution in [-0.2, 0) is 5.41 Å². The smallest absolute Gasteiger partial charge is 0.181 e. The normalized spacial score (nSPS) is 16.1. The molecule has 0 spiro atoms. The Labute approximate surface area is 206 Å². The number of aliphatic imine (C=N–C) groups is 2. The number of hydrogen-bond acceptors (Lipinski definition) is 7. The van der Waals surface area contributed by atoms with Gasteiger partial charge in [-0.2, -0.15) is 0 Å². The number of likely N-dealkylation sites (N-methyl/N-ethyl adjacent to an activating group) is 1. The van der Waals surface area contributed by atoms with E-state index in [-0.39, 0.29) is 12.1 Å². The molecule has 35 heavy (non-hydrogen) atoms. The molecule has 1 saturated heterocycles. The lowest BCUT2D eigenvalue weighted by Crippen LogP contribution is -2.47. The highest BCUT2D eigenvalue weighted by molar-refractivity contribution is 5.94. The Morgan fingerprint density at radius 1 is 1.23 bits per heavy atom. The van der Waals surface area contributed by atoms with Crippen LogP contribution < -0.4 is 10.1 Å². The molecule has 9 nitrogen and oxygen atoms in total. The molecule has 2 N–H and O–H groups in total. The number of ether oxygens (including phenoxy) is 1. The Morgan fingerprint density at radius 3 is 2.69 bits per heavy atom. The minimum Gasteiger partial charge on any atom is -0.471 e. The molecule has 1 aliphatic rings. The van der Waals surface area contributed by atoms with Crippen LogP contribution in [0.3, 0.4) is 0 Å². The summed E-state index contributed by atoms with van der Waals surface area (Å²) in [6.07, 6.45) is 1.88. The van der Waals surface area contributed by atoms with Crippen molar-refractivity contribution >= 4 is 29.3 Å². The zero-order valence-electron chi connectivity index (χ0n) is 21.3. The third kappa shape index (κ3) is 6.30. The summed E-state index contributed by atoms with van der Waals surface area (Å²) >= 11 is 0. The average molecular weight is 478 g/mol. The van der Waals surface area contributed by atoms with Crippen LogP contribution in [0, 0.1) is 6.92 Å². The summed E-state index contributed by atoms with van der Waals surface area (Å²) in [5, 5.41) is 8.44. The summed E-state index contributed by atoms with van der Waals surface area (Å²) in [6.45, 7) is 15.8. The van der Waals surface area contributed by atoms with Crippen LogP contribution in [0.15, 0.2) is 56.7 Å². The maximum atomic E-state index is 5.98. The monoisotopic (exact) mass is 477 g/mol. The van der Waals surface area contributed by atoms with Crippen molar-refractivity contribution < 1.29 is 9.26 Å². The number of nitrogens with one attached hydrogen (secondary N) is 2. The summed E-state index contributed by atoms with van der Waals surface area (Å²) < 4.78 is 11.5. The average Bonchev–Trinajstić information content (AvgIpc) is 3.43. The van der Waals surface area contributed by atoms with Crippen molar-refractivity contribution in [2.24, 2.45) is 9.98 Å². The molecule has 186 valence electrons. The van der Waals surface area contributed by atoms with E-state index in [1.807, 2.05) is 37.3 Å². The van der Waals surface area contributed by atoms with Crippen molar-refractivity contribution in [3.8, 4) is 5.75 Å². The fourth-order valence-corrected chi connectivity index (χ4v) is 3.85. The molecule has 2 aromatic heterocycles. The van der Waals surface area contributed by atoms with E-state index in [0.717, 1.165) is 60.1 Å². The maximum Gasteiger partial charge on any atom is 0.181 e. The Kier molecular flexibility index (Phi) is 7.25. The molecular formula is C26H35N7O2. The first kappa shape index (κ1) is 24.5. The van der Waals surface area contributed by atoms with Crippen LogP contribution in [0.4, 0.5) is 5.82 Å². The van der Waals surface area contributed by atoms with Gasteiger partial charge in [0.05, 0.1) is 0 Å². The molecule has 1 fully saturated rings. The lowest BCUT2D eigenvalue weighted by atomic mass is 9.93. The van der Waals surface area contributed by atoms with E-state index < -0.39 is 0 Å². The largest absolute Gasteiger partial charge is 0.471 e. The summed E-state index contributed by atoms with van der Waals surface area (Å²) in [5.41, 5.74) is 2.08. The number of fused-ring (bicyclic) bond motifs is 1. The molecule has 0 bridgehead atoms. The second-order valence-corrected chi connectivity index (χ2v) is 9.92. The van der Waals surface area contributed by atoms with Gasteiger partial charge in [0.15, 0.2) is 12.5 Å². The third-order valence-corrected chi connectivity index (χ3v) is 5.95. The van der Waals surface area contributed by atoms with Crippen molar-refractivity contribution in [1.29, 1.82) is 0 Å². The summed E-state index contributed by atoms with van der Waals surface area (Å²) in [4.78, 5) is 16.8. The highest BCUT2D eigenvalue weighted by Gasteiger charge is 2.21. The van der Waals surface area contributed by atoms with Gasteiger partial charge in [-0.05, 0) is 45.0 Å². The number of hydrogen-bond donors (Lipinski definition) is 2. The van der Waals surface area contributed by atoms with Crippen molar-refractivity contribution in [1.82, 2.24) is 19.9 Å². The molecule has 0 radical (unpaired) electrons. The van der Waals surface area contributed by atoms with Gasteiger partial charge < -0.3 is 29.4 Å². The fraction of sp³-hybridized carbons (Fsp3) is 0.423. The van der Waals surface area contributed by atoms with Gasteiger partial charge in [0.25, 0.3) is 0 Å². The van der Waals surface area contributed by atoms with E-state index >= 15 is 0 Å². The maximum absolute atomic E-state index is 5.98. The number of benzene rings is 1. The van der Waals surface area contributed by atoms with Gasteiger partial charge in [0, 0.05) is 60.3 Å². The number of aryl methyl sites for hydroxylation is 1. The van der Waals surface area contributed by atoms with Gasteiger partial charge in [-0.1, -0.05) is 25.9 Å². The molecule has 3 heterocycles. The predicted octanol–water partition coefficient (Wildman–Crippen LogP) is 4.40. The van der Waals surface area contributed by atoms with Gasteiger partial charge in [-0.25, -0.2) is 9.98 Å². The highest BCUT2D eigenvalue weighted by atomic mass is 16.5. The Morgan fingerprint density at radius 2 is 2.00 bits per heavy atom. The lowest BCUT2D eigenvalue weighted by Gasteiger charge is -2.33. The number of rotatable bonds is 7. The number of amidine groups is 1. The first-order valence-corrected chi connectivity index (χ1v) is 11.8. The number of aromatic amines is 1. The first-order valence-electron chi connectivity index (χ1n) is 11.8. The van der Waals surface area contributed by atoms with E-state index in [9.17, 15) is 0 Å². The quantitative estimate of drug-likeness (QED) is 0.387. The van der Waals surface area contributed by atoms with E-state index in [4.69, 9.17) is 14.3 Å². The van der Waals surface area contributed by atoms with E-state index in [1.165, 1.54) is 0 Å². The van der Waals surface area contributed by atoms with E-state index in [2.05, 4.69) is 70.9 Å². The molecule has 1 aromatic carbocycles. The summed E-state index contributed by atoms with van der Waals surface area (Å²) in [7, 11) is 2.13. The lowest BCUT2D eigenvalue weighted by molar-refractivity contribution is 0.214. The van der Waals surface area contributed by atoms with E-state index in [1.54, 1.807) is 0 Å². The fourth-order valence-electron chi connectivity index (χ4n) is 3.85. The molecular weight excluding hydrogens is 442 g/mol. The second-order valence-electron chi connectivity index (χ2n) is 9.92. The van der Waals surface area contributed by atoms with Crippen LogP contribution in [0.1, 0.15) is 32.2 Å². The number of H-pyrrole nitrogens is 1. The van der Waals surface area contributed by atoms with Crippen molar-refractivity contribution in [3.63, 3.8) is 0 Å². The van der Waals surface area contributed by atoms with Crippen molar-refractivity contribution in [2.75, 3.05) is 45.3 Å². The van der Waals surface area contributed by atoms with Gasteiger partial charge in [-0.15, -0.1) is 0 Å². The Hall–Kier alpha value is -3.59. The van der Waals surface area contributed by atoms with Gasteiger partial charge >= 0.3 is 0 Å². The minimum absolute atomic E-state index is 0.135. The molecule has 9 heteroatoms. The molecule has 0 saturated carbocycles. The van der Waals surface area contributed by atoms with E-state index in [0.29, 0.717) is 11.6 Å². The SMILES string of the molecule is C=N/C(=C\C(=N/COc1ccc2[nH]c(C)cc2c1)N1CCN(C)CC1)Nc1cc(C(C)(C)C)on1. The van der Waals surface area contributed by atoms with Gasteiger partial charge in [0.1, 0.15) is 23.2 Å². The summed E-state index contributed by atoms with van der Waals surface area (Å²) in [5.74, 6) is 3.48. The molecule has 0 amide bonds.